The quantitative estimate of drug-likeness (QED) is 0.785. The van der Waals surface area contributed by atoms with Gasteiger partial charge in [-0.3, -0.25) is 0 Å². The van der Waals surface area contributed by atoms with Crippen molar-refractivity contribution in [3.63, 3.8) is 0 Å². The molecule has 4 N–H and O–H groups in total. The van der Waals surface area contributed by atoms with Gasteiger partial charge in [-0.15, -0.1) is 0 Å². The van der Waals surface area contributed by atoms with Gasteiger partial charge in [0.15, 0.2) is 0 Å². The molecule has 1 aromatic heterocycles. The summed E-state index contributed by atoms with van der Waals surface area (Å²) in [5, 5.41) is 6.91. The summed E-state index contributed by atoms with van der Waals surface area (Å²) in [5.41, 5.74) is 6.74. The Labute approximate surface area is 122 Å². The zero-order chi connectivity index (χ0) is 14.5. The number of anilines is 3. The van der Waals surface area contributed by atoms with Gasteiger partial charge in [0, 0.05) is 17.6 Å². The molecule has 106 valence electrons. The van der Waals surface area contributed by atoms with Crippen LogP contribution in [0.2, 0.25) is 5.02 Å². The monoisotopic (exact) mass is 292 g/mol. The molecule has 0 unspecified atom stereocenters. The molecule has 20 heavy (non-hydrogen) atoms. The molecule has 2 rings (SSSR count). The maximum absolute atomic E-state index is 5.84. The Hall–Kier alpha value is -2.08. The number of nitrogens with two attached hydrogens (primary N) is 1. The number of halogens is 1. The van der Waals surface area contributed by atoms with Crippen molar-refractivity contribution in [1.29, 1.82) is 0 Å². The van der Waals surface area contributed by atoms with Crippen LogP contribution in [-0.4, -0.2) is 21.0 Å². The molecule has 0 fully saturated rings. The lowest BCUT2D eigenvalue weighted by Crippen LogP contribution is -2.15. The van der Waals surface area contributed by atoms with Crippen LogP contribution in [0.1, 0.15) is 19.4 Å². The summed E-state index contributed by atoms with van der Waals surface area (Å²) in [7, 11) is 0. The van der Waals surface area contributed by atoms with Gasteiger partial charge in [0.05, 0.1) is 0 Å². The Bertz CT molecular complexity index is 570. The first-order valence-corrected chi connectivity index (χ1v) is 6.67. The van der Waals surface area contributed by atoms with Crippen LogP contribution < -0.4 is 16.4 Å². The van der Waals surface area contributed by atoms with E-state index in [0.29, 0.717) is 23.5 Å². The normalized spacial score (nSPS) is 10.6. The molecule has 0 amide bonds. The molecule has 2 aromatic rings. The lowest BCUT2D eigenvalue weighted by atomic mass is 10.2. The molecule has 0 saturated heterocycles. The average molecular weight is 293 g/mol. The Balaban J connectivity index is 2.05. The van der Waals surface area contributed by atoms with Gasteiger partial charge in [-0.05, 0) is 31.5 Å². The number of hydrogen-bond donors (Lipinski definition) is 3. The predicted octanol–water partition coefficient (Wildman–Crippen LogP) is 2.54. The first kappa shape index (κ1) is 14.3. The number of benzene rings is 1. The average Bonchev–Trinajstić information content (AvgIpc) is 2.36. The van der Waals surface area contributed by atoms with E-state index < -0.39 is 0 Å². The van der Waals surface area contributed by atoms with Gasteiger partial charge in [-0.25, -0.2) is 0 Å². The maximum atomic E-state index is 5.84. The van der Waals surface area contributed by atoms with Crippen molar-refractivity contribution >= 4 is 29.4 Å². The van der Waals surface area contributed by atoms with Crippen LogP contribution in [0, 0.1) is 0 Å². The van der Waals surface area contributed by atoms with Gasteiger partial charge < -0.3 is 16.4 Å². The van der Waals surface area contributed by atoms with Crippen LogP contribution in [-0.2, 0) is 6.54 Å². The Morgan fingerprint density at radius 1 is 1.10 bits per heavy atom. The van der Waals surface area contributed by atoms with Crippen molar-refractivity contribution in [2.24, 2.45) is 0 Å². The van der Waals surface area contributed by atoms with Crippen molar-refractivity contribution in [3.05, 3.63) is 34.9 Å². The van der Waals surface area contributed by atoms with Crippen molar-refractivity contribution in [1.82, 2.24) is 15.0 Å². The van der Waals surface area contributed by atoms with Crippen molar-refractivity contribution in [3.8, 4) is 0 Å². The van der Waals surface area contributed by atoms with Gasteiger partial charge in [0.25, 0.3) is 0 Å². The third-order valence-corrected chi connectivity index (χ3v) is 2.69. The summed E-state index contributed by atoms with van der Waals surface area (Å²) in [6.45, 7) is 4.59. The topological polar surface area (TPSA) is 88.8 Å². The van der Waals surface area contributed by atoms with E-state index in [1.165, 1.54) is 0 Å². The highest BCUT2D eigenvalue weighted by atomic mass is 35.5. The second-order valence-corrected chi connectivity index (χ2v) is 5.06. The summed E-state index contributed by atoms with van der Waals surface area (Å²) in [4.78, 5) is 12.3. The number of nitrogens with one attached hydrogen (secondary N) is 2. The zero-order valence-corrected chi connectivity index (χ0v) is 12.1. The highest BCUT2D eigenvalue weighted by Gasteiger charge is 2.05. The molecule has 0 aliphatic rings. The van der Waals surface area contributed by atoms with Crippen LogP contribution >= 0.6 is 11.6 Å². The molecule has 0 aliphatic carbocycles. The Kier molecular flexibility index (Phi) is 4.57. The highest BCUT2D eigenvalue weighted by molar-refractivity contribution is 6.30. The van der Waals surface area contributed by atoms with E-state index in [0.717, 1.165) is 5.56 Å². The molecular weight excluding hydrogens is 276 g/mol. The van der Waals surface area contributed by atoms with E-state index >= 15 is 0 Å². The molecule has 0 aliphatic heterocycles. The van der Waals surface area contributed by atoms with E-state index in [1.807, 2.05) is 38.1 Å². The fraction of sp³-hybridized carbons (Fsp3) is 0.308. The van der Waals surface area contributed by atoms with Crippen LogP contribution in [0.3, 0.4) is 0 Å². The van der Waals surface area contributed by atoms with E-state index in [2.05, 4.69) is 25.6 Å². The largest absolute Gasteiger partial charge is 0.368 e. The Morgan fingerprint density at radius 3 is 2.40 bits per heavy atom. The second kappa shape index (κ2) is 6.38. The minimum absolute atomic E-state index is 0.182. The SMILES string of the molecule is CC(C)Nc1nc(N)nc(NCc2ccc(Cl)cc2)n1. The molecule has 0 radical (unpaired) electrons. The van der Waals surface area contributed by atoms with Gasteiger partial charge in [0.2, 0.25) is 17.8 Å². The second-order valence-electron chi connectivity index (χ2n) is 4.62. The molecule has 1 aromatic carbocycles. The lowest BCUT2D eigenvalue weighted by molar-refractivity contribution is 0.867. The fourth-order valence-electron chi connectivity index (χ4n) is 1.58. The van der Waals surface area contributed by atoms with Gasteiger partial charge >= 0.3 is 0 Å². The van der Waals surface area contributed by atoms with Crippen LogP contribution in [0.15, 0.2) is 24.3 Å². The number of aromatic nitrogens is 3. The standard InChI is InChI=1S/C13H17ClN6/c1-8(2)17-13-19-11(15)18-12(20-13)16-7-9-3-5-10(14)6-4-9/h3-6,8H,7H2,1-2H3,(H4,15,16,17,18,19,20). The van der Waals surface area contributed by atoms with Crippen LogP contribution in [0.4, 0.5) is 17.8 Å². The predicted molar refractivity (Wildman–Crippen MR) is 81.8 cm³/mol. The number of nitrogen functional groups attached to an aromatic ring is 1. The maximum Gasteiger partial charge on any atom is 0.229 e. The van der Waals surface area contributed by atoms with Gasteiger partial charge in [-0.2, -0.15) is 15.0 Å². The summed E-state index contributed by atoms with van der Waals surface area (Å²) in [5.74, 6) is 1.09. The summed E-state index contributed by atoms with van der Waals surface area (Å²) < 4.78 is 0. The molecular formula is C13H17ClN6. The molecule has 6 nitrogen and oxygen atoms in total. The molecule has 0 spiro atoms. The molecule has 0 saturated carbocycles. The number of rotatable bonds is 5. The van der Waals surface area contributed by atoms with Crippen LogP contribution in [0.5, 0.6) is 0 Å². The van der Waals surface area contributed by atoms with Gasteiger partial charge in [-0.1, -0.05) is 23.7 Å². The van der Waals surface area contributed by atoms with Gasteiger partial charge in [0.1, 0.15) is 0 Å². The van der Waals surface area contributed by atoms with Crippen molar-refractivity contribution in [2.45, 2.75) is 26.4 Å². The first-order valence-electron chi connectivity index (χ1n) is 6.29. The molecule has 0 bridgehead atoms. The van der Waals surface area contributed by atoms with E-state index in [4.69, 9.17) is 17.3 Å². The number of nitrogens with zero attached hydrogens (tertiary/aromatic N) is 3. The fourth-order valence-corrected chi connectivity index (χ4v) is 1.70. The third kappa shape index (κ3) is 4.24. The minimum atomic E-state index is 0.182. The Morgan fingerprint density at radius 2 is 1.75 bits per heavy atom. The highest BCUT2D eigenvalue weighted by Crippen LogP contribution is 2.12. The van der Waals surface area contributed by atoms with E-state index in [9.17, 15) is 0 Å². The van der Waals surface area contributed by atoms with Crippen molar-refractivity contribution < 1.29 is 0 Å². The van der Waals surface area contributed by atoms with E-state index in [1.54, 1.807) is 0 Å². The van der Waals surface area contributed by atoms with E-state index in [-0.39, 0.29) is 12.0 Å². The summed E-state index contributed by atoms with van der Waals surface area (Å²) >= 11 is 5.84. The molecule has 7 heteroatoms. The lowest BCUT2D eigenvalue weighted by Gasteiger charge is -2.10. The smallest absolute Gasteiger partial charge is 0.229 e. The molecule has 0 atom stereocenters. The summed E-state index contributed by atoms with van der Waals surface area (Å²) in [6.07, 6.45) is 0. The van der Waals surface area contributed by atoms with Crippen molar-refractivity contribution in [2.75, 3.05) is 16.4 Å². The zero-order valence-electron chi connectivity index (χ0n) is 11.4. The first-order chi connectivity index (χ1) is 9.52. The summed E-state index contributed by atoms with van der Waals surface area (Å²) in [6, 6.07) is 7.78. The number of hydrogen-bond acceptors (Lipinski definition) is 6. The van der Waals surface area contributed by atoms with Crippen LogP contribution in [0.25, 0.3) is 0 Å². The minimum Gasteiger partial charge on any atom is -0.368 e. The third-order valence-electron chi connectivity index (χ3n) is 2.43. The molecule has 1 heterocycles.